The SMILES string of the molecule is CC1CCCC1NC(=O)c1cc[nH]c(=O)c1. The maximum Gasteiger partial charge on any atom is 0.251 e. The van der Waals surface area contributed by atoms with Gasteiger partial charge in [-0.3, -0.25) is 9.59 Å². The van der Waals surface area contributed by atoms with Crippen LogP contribution < -0.4 is 10.9 Å². The van der Waals surface area contributed by atoms with E-state index in [1.165, 1.54) is 25.1 Å². The van der Waals surface area contributed by atoms with Crippen LogP contribution in [0.1, 0.15) is 36.5 Å². The predicted molar refractivity (Wildman–Crippen MR) is 61.3 cm³/mol. The lowest BCUT2D eigenvalue weighted by Crippen LogP contribution is -2.36. The number of aromatic amines is 1. The minimum absolute atomic E-state index is 0.148. The molecular formula is C12H16N2O2. The van der Waals surface area contributed by atoms with Crippen molar-refractivity contribution in [2.75, 3.05) is 0 Å². The van der Waals surface area contributed by atoms with Gasteiger partial charge in [0, 0.05) is 23.9 Å². The zero-order chi connectivity index (χ0) is 11.5. The van der Waals surface area contributed by atoms with Crippen molar-refractivity contribution in [1.82, 2.24) is 10.3 Å². The molecule has 4 heteroatoms. The lowest BCUT2D eigenvalue weighted by Gasteiger charge is -2.16. The Morgan fingerprint density at radius 1 is 1.50 bits per heavy atom. The van der Waals surface area contributed by atoms with Gasteiger partial charge in [0.15, 0.2) is 0 Å². The Morgan fingerprint density at radius 2 is 2.31 bits per heavy atom. The first-order valence-corrected chi connectivity index (χ1v) is 5.66. The van der Waals surface area contributed by atoms with E-state index in [0.717, 1.165) is 6.42 Å². The predicted octanol–water partition coefficient (Wildman–Crippen LogP) is 1.29. The summed E-state index contributed by atoms with van der Waals surface area (Å²) in [5.74, 6) is 0.385. The molecular weight excluding hydrogens is 204 g/mol. The Kier molecular flexibility index (Phi) is 3.08. The molecule has 0 bridgehead atoms. The molecule has 86 valence electrons. The normalized spacial score (nSPS) is 24.3. The van der Waals surface area contributed by atoms with Gasteiger partial charge in [-0.2, -0.15) is 0 Å². The summed E-state index contributed by atoms with van der Waals surface area (Å²) in [6.07, 6.45) is 4.87. The molecule has 2 rings (SSSR count). The van der Waals surface area contributed by atoms with E-state index in [0.29, 0.717) is 11.5 Å². The molecule has 1 fully saturated rings. The average molecular weight is 220 g/mol. The second-order valence-corrected chi connectivity index (χ2v) is 4.43. The van der Waals surface area contributed by atoms with Crippen molar-refractivity contribution >= 4 is 5.91 Å². The number of amides is 1. The number of pyridine rings is 1. The Hall–Kier alpha value is -1.58. The molecule has 1 heterocycles. The molecule has 1 aromatic heterocycles. The van der Waals surface area contributed by atoms with Gasteiger partial charge in [-0.15, -0.1) is 0 Å². The van der Waals surface area contributed by atoms with E-state index in [9.17, 15) is 9.59 Å². The molecule has 1 amide bonds. The highest BCUT2D eigenvalue weighted by Crippen LogP contribution is 2.24. The molecule has 4 nitrogen and oxygen atoms in total. The summed E-state index contributed by atoms with van der Waals surface area (Å²) in [5, 5.41) is 2.98. The van der Waals surface area contributed by atoms with E-state index in [4.69, 9.17) is 0 Å². The van der Waals surface area contributed by atoms with Crippen molar-refractivity contribution in [3.63, 3.8) is 0 Å². The Morgan fingerprint density at radius 3 is 2.94 bits per heavy atom. The summed E-state index contributed by atoms with van der Waals surface area (Å²) in [7, 11) is 0. The largest absolute Gasteiger partial charge is 0.349 e. The third-order valence-electron chi connectivity index (χ3n) is 3.22. The van der Waals surface area contributed by atoms with Gasteiger partial charge in [0.05, 0.1) is 0 Å². The van der Waals surface area contributed by atoms with Crippen LogP contribution in [0.15, 0.2) is 23.1 Å². The van der Waals surface area contributed by atoms with Crippen LogP contribution in [0.4, 0.5) is 0 Å². The minimum Gasteiger partial charge on any atom is -0.349 e. The molecule has 0 radical (unpaired) electrons. The van der Waals surface area contributed by atoms with Crippen LogP contribution in [0.3, 0.4) is 0 Å². The second kappa shape index (κ2) is 4.51. The molecule has 0 aromatic carbocycles. The van der Waals surface area contributed by atoms with Gasteiger partial charge in [0.1, 0.15) is 0 Å². The monoisotopic (exact) mass is 220 g/mol. The van der Waals surface area contributed by atoms with Crippen molar-refractivity contribution in [3.05, 3.63) is 34.2 Å². The number of hydrogen-bond donors (Lipinski definition) is 2. The van der Waals surface area contributed by atoms with Gasteiger partial charge < -0.3 is 10.3 Å². The number of carbonyl (C=O) groups excluding carboxylic acids is 1. The summed E-state index contributed by atoms with van der Waals surface area (Å²) in [6.45, 7) is 2.15. The lowest BCUT2D eigenvalue weighted by atomic mass is 10.1. The second-order valence-electron chi connectivity index (χ2n) is 4.43. The fourth-order valence-corrected chi connectivity index (χ4v) is 2.20. The fraction of sp³-hybridized carbons (Fsp3) is 0.500. The molecule has 1 aliphatic rings. The van der Waals surface area contributed by atoms with Crippen LogP contribution in [-0.4, -0.2) is 16.9 Å². The van der Waals surface area contributed by atoms with Gasteiger partial charge in [0.25, 0.3) is 5.91 Å². The molecule has 16 heavy (non-hydrogen) atoms. The van der Waals surface area contributed by atoms with E-state index in [-0.39, 0.29) is 17.5 Å². The summed E-state index contributed by atoms with van der Waals surface area (Å²) >= 11 is 0. The number of hydrogen-bond acceptors (Lipinski definition) is 2. The van der Waals surface area contributed by atoms with E-state index in [1.807, 2.05) is 0 Å². The summed E-state index contributed by atoms with van der Waals surface area (Å²) in [4.78, 5) is 25.4. The number of aromatic nitrogens is 1. The number of H-pyrrole nitrogens is 1. The van der Waals surface area contributed by atoms with Crippen LogP contribution in [0, 0.1) is 5.92 Å². The molecule has 1 aromatic rings. The topological polar surface area (TPSA) is 62.0 Å². The van der Waals surface area contributed by atoms with Crippen LogP contribution in [0.25, 0.3) is 0 Å². The molecule has 2 N–H and O–H groups in total. The first-order valence-electron chi connectivity index (χ1n) is 5.66. The molecule has 0 spiro atoms. The zero-order valence-corrected chi connectivity index (χ0v) is 9.32. The van der Waals surface area contributed by atoms with E-state index in [2.05, 4.69) is 17.2 Å². The van der Waals surface area contributed by atoms with Crippen molar-refractivity contribution in [2.24, 2.45) is 5.92 Å². The molecule has 1 aliphatic carbocycles. The first-order chi connectivity index (χ1) is 7.66. The zero-order valence-electron chi connectivity index (χ0n) is 9.32. The molecule has 1 saturated carbocycles. The highest BCUT2D eigenvalue weighted by Gasteiger charge is 2.24. The summed E-state index contributed by atoms with van der Waals surface area (Å²) in [6, 6.07) is 3.21. The van der Waals surface area contributed by atoms with Crippen LogP contribution in [-0.2, 0) is 0 Å². The average Bonchev–Trinajstić information content (AvgIpc) is 2.64. The van der Waals surface area contributed by atoms with Gasteiger partial charge in [0.2, 0.25) is 5.56 Å². The van der Waals surface area contributed by atoms with Gasteiger partial charge in [-0.05, 0) is 24.8 Å². The molecule has 2 atom stereocenters. The van der Waals surface area contributed by atoms with Crippen molar-refractivity contribution in [2.45, 2.75) is 32.2 Å². The minimum atomic E-state index is -0.243. The van der Waals surface area contributed by atoms with Gasteiger partial charge >= 0.3 is 0 Å². The van der Waals surface area contributed by atoms with Gasteiger partial charge in [-0.1, -0.05) is 13.3 Å². The summed E-state index contributed by atoms with van der Waals surface area (Å²) in [5.41, 5.74) is 0.190. The maximum absolute atomic E-state index is 11.8. The molecule has 0 aliphatic heterocycles. The van der Waals surface area contributed by atoms with Crippen molar-refractivity contribution in [3.8, 4) is 0 Å². The van der Waals surface area contributed by atoms with Crippen LogP contribution in [0.2, 0.25) is 0 Å². The highest BCUT2D eigenvalue weighted by atomic mass is 16.2. The summed E-state index contributed by atoms with van der Waals surface area (Å²) < 4.78 is 0. The van der Waals surface area contributed by atoms with E-state index < -0.39 is 0 Å². The molecule has 0 saturated heterocycles. The third kappa shape index (κ3) is 2.32. The van der Waals surface area contributed by atoms with Crippen molar-refractivity contribution in [1.29, 1.82) is 0 Å². The van der Waals surface area contributed by atoms with E-state index in [1.54, 1.807) is 6.07 Å². The number of carbonyl (C=O) groups is 1. The fourth-order valence-electron chi connectivity index (χ4n) is 2.20. The van der Waals surface area contributed by atoms with Crippen molar-refractivity contribution < 1.29 is 4.79 Å². The quantitative estimate of drug-likeness (QED) is 0.789. The first kappa shape index (κ1) is 10.9. The third-order valence-corrected chi connectivity index (χ3v) is 3.22. The molecule has 2 unspecified atom stereocenters. The maximum atomic E-state index is 11.8. The van der Waals surface area contributed by atoms with E-state index >= 15 is 0 Å². The number of rotatable bonds is 2. The van der Waals surface area contributed by atoms with Crippen LogP contribution in [0.5, 0.6) is 0 Å². The standard InChI is InChI=1S/C12H16N2O2/c1-8-3-2-4-10(8)14-12(16)9-5-6-13-11(15)7-9/h5-8,10H,2-4H2,1H3,(H,13,15)(H,14,16). The Bertz CT molecular complexity index is 439. The highest BCUT2D eigenvalue weighted by molar-refractivity contribution is 5.94. The van der Waals surface area contributed by atoms with Crippen LogP contribution >= 0.6 is 0 Å². The van der Waals surface area contributed by atoms with Gasteiger partial charge in [-0.25, -0.2) is 0 Å². The lowest BCUT2D eigenvalue weighted by molar-refractivity contribution is 0.0929. The Balaban J connectivity index is 2.05. The number of nitrogens with one attached hydrogen (secondary N) is 2. The Labute approximate surface area is 94.1 Å². The smallest absolute Gasteiger partial charge is 0.251 e.